The predicted molar refractivity (Wildman–Crippen MR) is 459 cm³/mol. The molecule has 5 aliphatic rings. The number of carbonyl (C=O) groups excluding carboxylic acids is 7. The maximum Gasteiger partial charge on any atom is 0.243 e. The summed E-state index contributed by atoms with van der Waals surface area (Å²) in [7, 11) is 5.19. The third-order valence-electron chi connectivity index (χ3n) is 16.3. The Morgan fingerprint density at radius 2 is 0.864 bits per heavy atom. The molecular weight excluding hydrogens is 1580 g/mol. The topological polar surface area (TPSA) is 229 Å². The fourth-order valence-corrected chi connectivity index (χ4v) is 17.9. The molecule has 5 aliphatic heterocycles. The molecule has 0 N–H and O–H groups in total. The Bertz CT molecular complexity index is 4810. The molecule has 14 rings (SSSR count). The maximum absolute atomic E-state index is 12.2. The molecule has 0 saturated carbocycles. The quantitative estimate of drug-likeness (QED) is 0.0459. The van der Waals surface area contributed by atoms with E-state index < -0.39 is 0 Å². The molecule has 0 unspecified atom stereocenters. The van der Waals surface area contributed by atoms with Gasteiger partial charge in [-0.1, -0.05) is 181 Å². The van der Waals surface area contributed by atoms with Crippen molar-refractivity contribution >= 4 is 188 Å². The van der Waals surface area contributed by atoms with E-state index in [1.165, 1.54) is 85.6 Å². The van der Waals surface area contributed by atoms with E-state index in [1.54, 1.807) is 96.9 Å². The molecule has 0 aliphatic carbocycles. The van der Waals surface area contributed by atoms with Crippen LogP contribution in [0, 0.1) is 0 Å². The number of benzene rings is 4. The van der Waals surface area contributed by atoms with Gasteiger partial charge < -0.3 is 28.6 Å². The minimum absolute atomic E-state index is 0.0119. The van der Waals surface area contributed by atoms with E-state index in [4.69, 9.17) is 25.5 Å². The summed E-state index contributed by atoms with van der Waals surface area (Å²) in [5.74, 6) is 4.84. The van der Waals surface area contributed by atoms with Crippen molar-refractivity contribution in [3.05, 3.63) is 275 Å². The van der Waals surface area contributed by atoms with Crippen LogP contribution >= 0.6 is 116 Å². The van der Waals surface area contributed by atoms with Crippen molar-refractivity contribution in [1.82, 2.24) is 19.6 Å². The Labute approximate surface area is 681 Å². The van der Waals surface area contributed by atoms with Crippen LogP contribution in [0.4, 0.5) is 5.69 Å². The zero-order valence-electron chi connectivity index (χ0n) is 60.3. The molecule has 2 amide bonds. The first-order valence-corrected chi connectivity index (χ1v) is 42.9. The highest BCUT2D eigenvalue weighted by atomic mass is 35.5. The second-order valence-corrected chi connectivity index (χ2v) is 32.8. The lowest BCUT2D eigenvalue weighted by Crippen LogP contribution is -2.29. The number of Topliss-reactive ketones (excluding diaryl/α,β-unsaturated/α-hetero) is 5. The summed E-state index contributed by atoms with van der Waals surface area (Å²) in [6.45, 7) is 14.9. The van der Waals surface area contributed by atoms with Gasteiger partial charge in [0.1, 0.15) is 32.7 Å². The number of thioether (sulfide) groups is 5. The SMILES string of the molecule is C=C1CSC(=NCC(=O)c2cccs2)N1C.C=C1CSC(=NCC(=O)c2cccs2)N1CCc1ccc(OC)c(OC)c1.C=C1CSC(=NCC(=O)c2cccs2)N1CCc1ccccc1.O=C(CN=C1SCC(=O)N1Cc1ccccc1)c1cccs1.O=C(CN=C1SCC(=O)N1c1ccc(Cl)cc1)c1ccco1. The Kier molecular flexibility index (Phi) is 32.5. The number of hydrogen-bond acceptors (Lipinski definition) is 24. The number of amidine groups is 5. The Hall–Kier alpha value is -9.14. The van der Waals surface area contributed by atoms with Crippen LogP contribution < -0.4 is 14.4 Å². The fourth-order valence-electron chi connectivity index (χ4n) is 10.5. The molecule has 5 fully saturated rings. The van der Waals surface area contributed by atoms with Gasteiger partial charge in [0.15, 0.2) is 66.2 Å². The number of furan rings is 1. The van der Waals surface area contributed by atoms with E-state index in [1.807, 2.05) is 131 Å². The van der Waals surface area contributed by atoms with E-state index in [0.717, 1.165) is 113 Å². The number of ether oxygens (including phenoxy) is 2. The van der Waals surface area contributed by atoms with Gasteiger partial charge in [0.25, 0.3) is 0 Å². The van der Waals surface area contributed by atoms with E-state index in [2.05, 4.69) is 78.8 Å². The summed E-state index contributed by atoms with van der Waals surface area (Å²) in [5, 5.41) is 12.0. The van der Waals surface area contributed by atoms with Crippen LogP contribution in [0.5, 0.6) is 11.5 Å². The van der Waals surface area contributed by atoms with Crippen molar-refractivity contribution in [3.63, 3.8) is 0 Å². The van der Waals surface area contributed by atoms with Gasteiger partial charge in [0, 0.05) is 59.5 Å². The van der Waals surface area contributed by atoms with Gasteiger partial charge in [-0.15, -0.1) is 45.3 Å². The molecule has 5 aromatic heterocycles. The zero-order valence-corrected chi connectivity index (χ0v) is 68.4. The molecule has 30 heteroatoms. The van der Waals surface area contributed by atoms with Gasteiger partial charge in [-0.3, -0.25) is 68.3 Å². The summed E-state index contributed by atoms with van der Waals surface area (Å²) < 4.78 is 15.7. The third-order valence-corrected chi connectivity index (χ3v) is 25.5. The van der Waals surface area contributed by atoms with Crippen molar-refractivity contribution < 1.29 is 47.5 Å². The van der Waals surface area contributed by atoms with Crippen molar-refractivity contribution in [2.45, 2.75) is 19.4 Å². The molecule has 20 nitrogen and oxygen atoms in total. The number of thiophene rings is 4. The van der Waals surface area contributed by atoms with Gasteiger partial charge in [0.2, 0.25) is 17.6 Å². The molecule has 0 radical (unpaired) electrons. The Morgan fingerprint density at radius 1 is 0.436 bits per heavy atom. The van der Waals surface area contributed by atoms with Crippen molar-refractivity contribution in [2.24, 2.45) is 25.0 Å². The first kappa shape index (κ1) is 83.3. The lowest BCUT2D eigenvalue weighted by molar-refractivity contribution is -0.124. The average Bonchev–Trinajstić information content (AvgIpc) is 1.65. The normalized spacial score (nSPS) is 16.5. The van der Waals surface area contributed by atoms with Crippen LogP contribution in [0.2, 0.25) is 5.02 Å². The largest absolute Gasteiger partial charge is 0.493 e. The van der Waals surface area contributed by atoms with Gasteiger partial charge in [0.05, 0.1) is 63.7 Å². The van der Waals surface area contributed by atoms with Crippen LogP contribution in [0.1, 0.15) is 65.9 Å². The number of rotatable bonds is 26. The van der Waals surface area contributed by atoms with Crippen LogP contribution in [-0.2, 0) is 29.0 Å². The summed E-state index contributed by atoms with van der Waals surface area (Å²) in [6.07, 6.45) is 3.20. The standard InChI is InChI=1S/C20H22N2O3S2.C18H18N2OS2.C16H14N2O2S2.C15H11ClN2O3S.C11H12N2OS2/c1-14-13-27-20(21-12-16(23)19-5-4-10-26-19)22(14)9-8-15-6-7-17(24-2)18(11-15)25-3;1-14-13-23-18(19-12-16(21)17-8-5-11-22-17)20(14)10-9-15-6-3-2-4-7-15;19-13(14-7-4-8-21-14)9-17-16-18(15(20)11-22-16)10-12-5-2-1-3-6-12;16-10-3-5-11(6-4-10)18-14(20)9-22-15(18)17-8-12(19)13-2-1-7-21-13;1-8-7-16-11(13(8)2)12-6-9(14)10-4-3-5-15-10/h4-7,10-11H,1,8-9,12-13H2,2-3H3;2-8,11H,1,9-10,12-13H2;1-8H,9-11H2;1-7H,8-9H2;3-5H,1,6-7H2,2H3. The van der Waals surface area contributed by atoms with E-state index in [-0.39, 0.29) is 79.2 Å². The lowest BCUT2D eigenvalue weighted by Gasteiger charge is -2.19. The highest BCUT2D eigenvalue weighted by Gasteiger charge is 2.32. The lowest BCUT2D eigenvalue weighted by atomic mass is 10.1. The second kappa shape index (κ2) is 42.9. The van der Waals surface area contributed by atoms with Crippen molar-refractivity contribution in [2.75, 3.05) is 101 Å². The highest BCUT2D eigenvalue weighted by molar-refractivity contribution is 8.16. The van der Waals surface area contributed by atoms with Crippen LogP contribution in [-0.4, -0.2) is 182 Å². The van der Waals surface area contributed by atoms with Crippen molar-refractivity contribution in [3.8, 4) is 11.5 Å². The number of aliphatic imine (C=N–C) groups is 5. The molecule has 0 bridgehead atoms. The molecule has 110 heavy (non-hydrogen) atoms. The molecular formula is C80H77ClN10O10S9. The van der Waals surface area contributed by atoms with E-state index in [9.17, 15) is 33.6 Å². The van der Waals surface area contributed by atoms with E-state index >= 15 is 0 Å². The monoisotopic (exact) mass is 1660 g/mol. The third kappa shape index (κ3) is 24.4. The van der Waals surface area contributed by atoms with Gasteiger partial charge in [-0.2, -0.15) is 0 Å². The average molecular weight is 1660 g/mol. The molecule has 10 heterocycles. The molecule has 0 spiro atoms. The number of amides is 2. The fraction of sp³-hybridized carbons (Fsp3) is 0.225. The molecule has 568 valence electrons. The second-order valence-electron chi connectivity index (χ2n) is 23.8. The van der Waals surface area contributed by atoms with Gasteiger partial charge >= 0.3 is 0 Å². The molecule has 5 saturated heterocycles. The van der Waals surface area contributed by atoms with Crippen molar-refractivity contribution in [1.29, 1.82) is 0 Å². The highest BCUT2D eigenvalue weighted by Crippen LogP contribution is 2.33. The first-order valence-electron chi connectivity index (χ1n) is 34.1. The minimum atomic E-state index is -0.228. The van der Waals surface area contributed by atoms with Crippen LogP contribution in [0.15, 0.2) is 258 Å². The minimum Gasteiger partial charge on any atom is -0.493 e. The summed E-state index contributed by atoms with van der Waals surface area (Å²) in [6, 6.07) is 51.1. The molecule has 9 aromatic rings. The zero-order chi connectivity index (χ0) is 77.7. The van der Waals surface area contributed by atoms with Crippen LogP contribution in [0.3, 0.4) is 0 Å². The predicted octanol–water partition coefficient (Wildman–Crippen LogP) is 17.0. The maximum atomic E-state index is 12.2. The number of ketones is 5. The summed E-state index contributed by atoms with van der Waals surface area (Å²) in [4.78, 5) is 118. The first-order chi connectivity index (χ1) is 53.4. The number of anilines is 1. The van der Waals surface area contributed by atoms with E-state index in [0.29, 0.717) is 44.0 Å². The summed E-state index contributed by atoms with van der Waals surface area (Å²) in [5.41, 5.74) is 7.29. The van der Waals surface area contributed by atoms with Gasteiger partial charge in [-0.25, -0.2) is 0 Å². The molecule has 4 aromatic carbocycles. The Balaban J connectivity index is 0.000000147. The number of carbonyl (C=O) groups is 7. The van der Waals surface area contributed by atoms with Gasteiger partial charge in [-0.05, 0) is 124 Å². The smallest absolute Gasteiger partial charge is 0.243 e. The van der Waals surface area contributed by atoms with Crippen LogP contribution in [0.25, 0.3) is 0 Å². The molecule has 0 atom stereocenters. The number of halogens is 1. The summed E-state index contributed by atoms with van der Waals surface area (Å²) >= 11 is 19.3. The number of methoxy groups -OCH3 is 2. The number of nitrogens with zero attached hydrogens (tertiary/aromatic N) is 10. The Morgan fingerprint density at radius 3 is 1.33 bits per heavy atom. The number of hydrogen-bond donors (Lipinski definition) is 0.